The number of rotatable bonds is 5. The first-order valence-electron chi connectivity index (χ1n) is 10.4. The Balaban J connectivity index is 1.80. The number of nitrogens with one attached hydrogen (secondary N) is 1. The summed E-state index contributed by atoms with van der Waals surface area (Å²) in [5, 5.41) is 11.3. The molecule has 0 amide bonds. The van der Waals surface area contributed by atoms with Crippen molar-refractivity contribution in [1.82, 2.24) is 0 Å². The van der Waals surface area contributed by atoms with Crippen LogP contribution in [-0.2, 0) is 6.54 Å². The van der Waals surface area contributed by atoms with E-state index in [2.05, 4.69) is 6.92 Å². The number of likely N-dealkylation sites (tertiary alicyclic amines) is 1. The summed E-state index contributed by atoms with van der Waals surface area (Å²) in [6.45, 7) is 3.93. The lowest BCUT2D eigenvalue weighted by molar-refractivity contribution is -0.941. The summed E-state index contributed by atoms with van der Waals surface area (Å²) in [6.07, 6.45) is 3.59. The lowest BCUT2D eigenvalue weighted by Crippen LogP contribution is -3.14. The minimum absolute atomic E-state index is 0.172. The van der Waals surface area contributed by atoms with Crippen molar-refractivity contribution in [1.29, 1.82) is 0 Å². The van der Waals surface area contributed by atoms with Crippen molar-refractivity contribution < 1.29 is 23.9 Å². The molecule has 1 aliphatic heterocycles. The molecule has 6 nitrogen and oxygen atoms in total. The molecule has 158 valence electrons. The maximum atomic E-state index is 12.9. The zero-order valence-electron chi connectivity index (χ0n) is 17.7. The number of methoxy groups -OCH3 is 2. The number of piperidine rings is 1. The molecule has 2 heterocycles. The molecule has 0 aliphatic carbocycles. The number of quaternary nitrogens is 1. The molecule has 6 heteroatoms. The molecule has 2 aromatic carbocycles. The van der Waals surface area contributed by atoms with Gasteiger partial charge < -0.3 is 23.9 Å². The Morgan fingerprint density at radius 2 is 1.93 bits per heavy atom. The second kappa shape index (κ2) is 8.40. The Morgan fingerprint density at radius 1 is 1.10 bits per heavy atom. The Morgan fingerprint density at radius 3 is 2.67 bits per heavy atom. The molecule has 2 atom stereocenters. The molecule has 0 bridgehead atoms. The number of benzene rings is 2. The Kier molecular flexibility index (Phi) is 5.68. The van der Waals surface area contributed by atoms with E-state index >= 15 is 0 Å². The maximum absolute atomic E-state index is 12.9. The molecule has 1 aliphatic rings. The van der Waals surface area contributed by atoms with Gasteiger partial charge in [-0.15, -0.1) is 0 Å². The van der Waals surface area contributed by atoms with Crippen molar-refractivity contribution in [3.8, 4) is 28.4 Å². The van der Waals surface area contributed by atoms with E-state index < -0.39 is 5.63 Å². The Labute approximate surface area is 175 Å². The molecule has 3 aromatic rings. The molecular formula is C24H28NO5+. The van der Waals surface area contributed by atoms with E-state index in [4.69, 9.17) is 13.9 Å². The number of ether oxygens (including phenoxy) is 2. The van der Waals surface area contributed by atoms with Crippen molar-refractivity contribution in [3.05, 3.63) is 52.4 Å². The van der Waals surface area contributed by atoms with E-state index in [1.165, 1.54) is 24.2 Å². The van der Waals surface area contributed by atoms with Crippen LogP contribution in [0.2, 0.25) is 0 Å². The molecule has 1 saturated heterocycles. The third-order valence-corrected chi connectivity index (χ3v) is 6.17. The average molecular weight is 410 g/mol. The second-order valence-corrected chi connectivity index (χ2v) is 7.98. The number of fused-ring (bicyclic) bond motifs is 1. The summed E-state index contributed by atoms with van der Waals surface area (Å²) in [7, 11) is 3.14. The smallest absolute Gasteiger partial charge is 0.344 e. The minimum Gasteiger partial charge on any atom is -0.507 e. The van der Waals surface area contributed by atoms with E-state index in [9.17, 15) is 9.90 Å². The van der Waals surface area contributed by atoms with Crippen molar-refractivity contribution in [2.75, 3.05) is 20.8 Å². The van der Waals surface area contributed by atoms with E-state index in [0.29, 0.717) is 46.4 Å². The maximum Gasteiger partial charge on any atom is 0.344 e. The summed E-state index contributed by atoms with van der Waals surface area (Å²) in [5.74, 6) is 1.35. The van der Waals surface area contributed by atoms with Crippen molar-refractivity contribution in [3.63, 3.8) is 0 Å². The molecule has 0 saturated carbocycles. The number of hydrogen-bond donors (Lipinski definition) is 2. The van der Waals surface area contributed by atoms with Gasteiger partial charge >= 0.3 is 5.63 Å². The van der Waals surface area contributed by atoms with Gasteiger partial charge in [0, 0.05) is 17.0 Å². The summed E-state index contributed by atoms with van der Waals surface area (Å²) >= 11 is 0. The van der Waals surface area contributed by atoms with Gasteiger partial charge in [0.1, 0.15) is 23.8 Å². The molecule has 2 N–H and O–H groups in total. The summed E-state index contributed by atoms with van der Waals surface area (Å²) in [6, 6.07) is 11.1. The van der Waals surface area contributed by atoms with E-state index in [1.807, 2.05) is 6.07 Å². The highest BCUT2D eigenvalue weighted by Gasteiger charge is 2.25. The zero-order chi connectivity index (χ0) is 21.3. The van der Waals surface area contributed by atoms with Crippen LogP contribution in [0, 0.1) is 0 Å². The third-order valence-electron chi connectivity index (χ3n) is 6.17. The van der Waals surface area contributed by atoms with Gasteiger partial charge in [0.25, 0.3) is 0 Å². The summed E-state index contributed by atoms with van der Waals surface area (Å²) in [5.41, 5.74) is 1.75. The van der Waals surface area contributed by atoms with Crippen LogP contribution in [0.5, 0.6) is 17.2 Å². The molecule has 1 unspecified atom stereocenters. The van der Waals surface area contributed by atoms with Crippen molar-refractivity contribution >= 4 is 11.0 Å². The minimum atomic E-state index is -0.459. The van der Waals surface area contributed by atoms with Crippen molar-refractivity contribution in [2.24, 2.45) is 0 Å². The third kappa shape index (κ3) is 3.75. The van der Waals surface area contributed by atoms with Gasteiger partial charge in [-0.3, -0.25) is 0 Å². The van der Waals surface area contributed by atoms with Crippen LogP contribution in [0.3, 0.4) is 0 Å². The van der Waals surface area contributed by atoms with E-state index in [1.54, 1.807) is 44.6 Å². The van der Waals surface area contributed by atoms with Crippen LogP contribution < -0.4 is 20.0 Å². The Bertz CT molecular complexity index is 1120. The van der Waals surface area contributed by atoms with Crippen LogP contribution in [0.15, 0.2) is 45.6 Å². The molecule has 4 rings (SSSR count). The lowest BCUT2D eigenvalue weighted by Gasteiger charge is -2.30. The number of hydrogen-bond acceptors (Lipinski definition) is 5. The number of phenolic OH excluding ortho intramolecular Hbond substituents is 1. The largest absolute Gasteiger partial charge is 0.507 e. The molecular weight excluding hydrogens is 382 g/mol. The highest BCUT2D eigenvalue weighted by Crippen LogP contribution is 2.34. The number of phenols is 1. The monoisotopic (exact) mass is 410 g/mol. The van der Waals surface area contributed by atoms with Crippen LogP contribution >= 0.6 is 0 Å². The van der Waals surface area contributed by atoms with Gasteiger partial charge in [0.2, 0.25) is 0 Å². The fraction of sp³-hybridized carbons (Fsp3) is 0.375. The fourth-order valence-electron chi connectivity index (χ4n) is 4.35. The van der Waals surface area contributed by atoms with Gasteiger partial charge in [-0.05, 0) is 56.5 Å². The first-order valence-corrected chi connectivity index (χ1v) is 10.4. The lowest BCUT2D eigenvalue weighted by atomic mass is 10.0. The topological polar surface area (TPSA) is 73.3 Å². The summed E-state index contributed by atoms with van der Waals surface area (Å²) in [4.78, 5) is 14.3. The van der Waals surface area contributed by atoms with Crippen LogP contribution in [0.4, 0.5) is 0 Å². The molecule has 1 fully saturated rings. The molecule has 0 spiro atoms. The van der Waals surface area contributed by atoms with Gasteiger partial charge in [-0.1, -0.05) is 0 Å². The highest BCUT2D eigenvalue weighted by atomic mass is 16.5. The molecule has 1 aromatic heterocycles. The van der Waals surface area contributed by atoms with Crippen LogP contribution in [-0.4, -0.2) is 31.9 Å². The van der Waals surface area contributed by atoms with Crippen LogP contribution in [0.25, 0.3) is 22.1 Å². The zero-order valence-corrected chi connectivity index (χ0v) is 17.7. The Hall–Kier alpha value is -2.99. The standard InChI is InChI=1S/C24H27NO5/c1-15-6-4-5-11-25(15)14-20-21(26)10-7-16-12-19(24(27)30-23(16)20)18-9-8-17(28-2)13-22(18)29-3/h7-10,12-13,15,26H,4-6,11,14H2,1-3H3/p+1/t15-/m0/s1. The number of aromatic hydroxyl groups is 1. The first-order chi connectivity index (χ1) is 14.5. The molecule has 30 heavy (non-hydrogen) atoms. The predicted molar refractivity (Wildman–Crippen MR) is 116 cm³/mol. The van der Waals surface area contributed by atoms with Crippen LogP contribution in [0.1, 0.15) is 31.7 Å². The van der Waals surface area contributed by atoms with Gasteiger partial charge in [-0.2, -0.15) is 0 Å². The molecule has 0 radical (unpaired) electrons. The van der Waals surface area contributed by atoms with Gasteiger partial charge in [0.15, 0.2) is 5.58 Å². The van der Waals surface area contributed by atoms with Gasteiger partial charge in [0.05, 0.1) is 37.9 Å². The highest BCUT2D eigenvalue weighted by molar-refractivity contribution is 5.86. The van der Waals surface area contributed by atoms with E-state index in [0.717, 1.165) is 11.9 Å². The normalized spacial score (nSPS) is 19.0. The second-order valence-electron chi connectivity index (χ2n) is 7.98. The first kappa shape index (κ1) is 20.3. The van der Waals surface area contributed by atoms with Crippen molar-refractivity contribution in [2.45, 2.75) is 38.8 Å². The predicted octanol–water partition coefficient (Wildman–Crippen LogP) is 3.14. The SMILES string of the molecule is COc1ccc(-c2cc3ccc(O)c(C[NH+]4CCCC[C@@H]4C)c3oc2=O)c(OC)c1. The van der Waals surface area contributed by atoms with Gasteiger partial charge in [-0.25, -0.2) is 4.79 Å². The average Bonchev–Trinajstić information content (AvgIpc) is 2.76. The van der Waals surface area contributed by atoms with E-state index in [-0.39, 0.29) is 5.75 Å². The quantitative estimate of drug-likeness (QED) is 0.632. The fourth-order valence-corrected chi connectivity index (χ4v) is 4.35. The summed E-state index contributed by atoms with van der Waals surface area (Å²) < 4.78 is 16.5.